The maximum atomic E-state index is 6.01. The van der Waals surface area contributed by atoms with Gasteiger partial charge in [-0.05, 0) is 49.4 Å². The van der Waals surface area contributed by atoms with E-state index in [1.54, 1.807) is 0 Å². The molecule has 0 saturated heterocycles. The summed E-state index contributed by atoms with van der Waals surface area (Å²) in [6.45, 7) is 6.66. The summed E-state index contributed by atoms with van der Waals surface area (Å²) >= 11 is 0. The highest BCUT2D eigenvalue weighted by molar-refractivity contribution is 4.74. The molecule has 0 bridgehead atoms. The monoisotopic (exact) mass is 434 g/mol. The first kappa shape index (κ1) is 27.2. The molecule has 2 saturated carbocycles. The summed E-state index contributed by atoms with van der Waals surface area (Å²) in [6.07, 6.45) is 32.0. The molecule has 2 rings (SSSR count). The summed E-state index contributed by atoms with van der Waals surface area (Å²) in [4.78, 5) is 0. The van der Waals surface area contributed by atoms with Gasteiger partial charge in [0.25, 0.3) is 0 Å². The highest BCUT2D eigenvalue weighted by Gasteiger charge is 2.21. The summed E-state index contributed by atoms with van der Waals surface area (Å²) < 4.78 is 6.01. The van der Waals surface area contributed by atoms with Crippen molar-refractivity contribution < 1.29 is 4.74 Å². The second-order valence-electron chi connectivity index (χ2n) is 11.4. The number of ether oxygens (including phenoxy) is 1. The lowest BCUT2D eigenvalue weighted by molar-refractivity contribution is 0.113. The first-order valence-corrected chi connectivity index (χ1v) is 14.9. The van der Waals surface area contributed by atoms with E-state index in [2.05, 4.69) is 13.8 Å². The van der Waals surface area contributed by atoms with Gasteiger partial charge < -0.3 is 4.74 Å². The van der Waals surface area contributed by atoms with Crippen LogP contribution in [0.3, 0.4) is 0 Å². The molecule has 2 aliphatic carbocycles. The molecule has 1 heteroatoms. The third-order valence-electron chi connectivity index (χ3n) is 8.67. The van der Waals surface area contributed by atoms with Gasteiger partial charge in [0, 0.05) is 13.2 Å². The molecular weight excluding hydrogens is 376 g/mol. The number of hydrogen-bond acceptors (Lipinski definition) is 1. The van der Waals surface area contributed by atoms with E-state index >= 15 is 0 Å². The van der Waals surface area contributed by atoms with E-state index in [9.17, 15) is 0 Å². The zero-order chi connectivity index (χ0) is 22.0. The van der Waals surface area contributed by atoms with Crippen LogP contribution in [0.2, 0.25) is 0 Å². The Morgan fingerprint density at radius 1 is 0.419 bits per heavy atom. The van der Waals surface area contributed by atoms with Crippen LogP contribution >= 0.6 is 0 Å². The maximum Gasteiger partial charge on any atom is 0.0466 e. The van der Waals surface area contributed by atoms with Gasteiger partial charge in [-0.1, -0.05) is 129 Å². The Balaban J connectivity index is 1.34. The summed E-state index contributed by atoms with van der Waals surface area (Å²) in [5.74, 6) is 4.13. The molecular formula is C30H58O. The molecule has 2 aliphatic rings. The Hall–Kier alpha value is -0.0400. The van der Waals surface area contributed by atoms with Crippen molar-refractivity contribution in [2.24, 2.45) is 23.7 Å². The second-order valence-corrected chi connectivity index (χ2v) is 11.4. The molecule has 184 valence electrons. The molecule has 0 aromatic rings. The normalized spacial score (nSPS) is 26.9. The van der Waals surface area contributed by atoms with Crippen LogP contribution < -0.4 is 0 Å². The lowest BCUT2D eigenvalue weighted by Crippen LogP contribution is -2.16. The van der Waals surface area contributed by atoms with E-state index in [1.165, 1.54) is 141 Å². The van der Waals surface area contributed by atoms with Crippen LogP contribution in [0.5, 0.6) is 0 Å². The third-order valence-corrected chi connectivity index (χ3v) is 8.67. The van der Waals surface area contributed by atoms with Gasteiger partial charge in [-0.2, -0.15) is 0 Å². The van der Waals surface area contributed by atoms with Crippen LogP contribution in [0.4, 0.5) is 0 Å². The molecule has 0 aliphatic heterocycles. The zero-order valence-corrected chi connectivity index (χ0v) is 21.7. The van der Waals surface area contributed by atoms with E-state index in [-0.39, 0.29) is 0 Å². The second kappa shape index (κ2) is 18.4. The van der Waals surface area contributed by atoms with Crippen LogP contribution in [-0.4, -0.2) is 13.2 Å². The van der Waals surface area contributed by atoms with E-state index in [0.717, 1.165) is 36.9 Å². The van der Waals surface area contributed by atoms with Gasteiger partial charge >= 0.3 is 0 Å². The molecule has 0 atom stereocenters. The Kier molecular flexibility index (Phi) is 16.1. The molecule has 0 N–H and O–H groups in total. The predicted octanol–water partition coefficient (Wildman–Crippen LogP) is 10.1. The molecule has 0 spiro atoms. The molecule has 0 aromatic heterocycles. The first-order chi connectivity index (χ1) is 15.3. The largest absolute Gasteiger partial charge is 0.381 e. The summed E-state index contributed by atoms with van der Waals surface area (Å²) in [5, 5.41) is 0. The van der Waals surface area contributed by atoms with Crippen molar-refractivity contribution in [3.8, 4) is 0 Å². The van der Waals surface area contributed by atoms with E-state index in [1.807, 2.05) is 0 Å². The first-order valence-electron chi connectivity index (χ1n) is 14.9. The van der Waals surface area contributed by atoms with E-state index in [4.69, 9.17) is 4.74 Å². The minimum absolute atomic E-state index is 1.01. The van der Waals surface area contributed by atoms with Crippen molar-refractivity contribution in [1.29, 1.82) is 0 Å². The summed E-state index contributed by atoms with van der Waals surface area (Å²) in [6, 6.07) is 0. The Morgan fingerprint density at radius 3 is 1.06 bits per heavy atom. The smallest absolute Gasteiger partial charge is 0.0466 e. The fourth-order valence-corrected chi connectivity index (χ4v) is 6.39. The Bertz CT molecular complexity index is 340. The third kappa shape index (κ3) is 13.3. The van der Waals surface area contributed by atoms with Gasteiger partial charge in [0.1, 0.15) is 0 Å². The average Bonchev–Trinajstić information content (AvgIpc) is 2.81. The number of rotatable bonds is 18. The number of hydrogen-bond donors (Lipinski definition) is 0. The highest BCUT2D eigenvalue weighted by Crippen LogP contribution is 2.35. The minimum Gasteiger partial charge on any atom is -0.381 e. The van der Waals surface area contributed by atoms with Crippen LogP contribution in [-0.2, 0) is 4.74 Å². The van der Waals surface area contributed by atoms with Crippen LogP contribution in [0, 0.1) is 23.7 Å². The van der Waals surface area contributed by atoms with Gasteiger partial charge in [-0.3, -0.25) is 0 Å². The summed E-state index contributed by atoms with van der Waals surface area (Å²) in [5.41, 5.74) is 0. The quantitative estimate of drug-likeness (QED) is 0.195. The Labute approximate surface area is 196 Å². The zero-order valence-electron chi connectivity index (χ0n) is 21.7. The number of unbranched alkanes of at least 4 members (excludes halogenated alkanes) is 6. The van der Waals surface area contributed by atoms with E-state index in [0.29, 0.717) is 0 Å². The standard InChI is InChI=1S/C30H58O/c1-3-5-7-9-13-27-17-21-29(22-18-27)15-11-25-31-26-12-16-30-23-19-28(20-24-30)14-10-8-6-4-2/h27-30H,3-26H2,1-2H3. The molecule has 0 heterocycles. The SMILES string of the molecule is CCCCCCC1CCC(CCCOCCCC2CCC(CCCCCC)CC2)CC1. The maximum absolute atomic E-state index is 6.01. The van der Waals surface area contributed by atoms with Crippen molar-refractivity contribution in [3.63, 3.8) is 0 Å². The van der Waals surface area contributed by atoms with E-state index < -0.39 is 0 Å². The van der Waals surface area contributed by atoms with Gasteiger partial charge in [-0.15, -0.1) is 0 Å². The van der Waals surface area contributed by atoms with Crippen molar-refractivity contribution >= 4 is 0 Å². The van der Waals surface area contributed by atoms with Crippen molar-refractivity contribution in [2.75, 3.05) is 13.2 Å². The average molecular weight is 435 g/mol. The fraction of sp³-hybridized carbons (Fsp3) is 1.00. The van der Waals surface area contributed by atoms with Crippen molar-refractivity contribution in [2.45, 2.75) is 155 Å². The molecule has 1 nitrogen and oxygen atoms in total. The highest BCUT2D eigenvalue weighted by atomic mass is 16.5. The molecule has 0 aromatic carbocycles. The molecule has 0 radical (unpaired) electrons. The Morgan fingerprint density at radius 2 is 0.742 bits per heavy atom. The lowest BCUT2D eigenvalue weighted by atomic mass is 9.78. The fourth-order valence-electron chi connectivity index (χ4n) is 6.39. The van der Waals surface area contributed by atoms with Gasteiger partial charge in [0.2, 0.25) is 0 Å². The lowest BCUT2D eigenvalue weighted by Gasteiger charge is -2.29. The van der Waals surface area contributed by atoms with Crippen LogP contribution in [0.1, 0.15) is 155 Å². The molecule has 2 fully saturated rings. The minimum atomic E-state index is 1.01. The van der Waals surface area contributed by atoms with Crippen molar-refractivity contribution in [1.82, 2.24) is 0 Å². The molecule has 0 unspecified atom stereocenters. The van der Waals surface area contributed by atoms with Gasteiger partial charge in [-0.25, -0.2) is 0 Å². The predicted molar refractivity (Wildman–Crippen MR) is 138 cm³/mol. The van der Waals surface area contributed by atoms with Gasteiger partial charge in [0.05, 0.1) is 0 Å². The van der Waals surface area contributed by atoms with Crippen LogP contribution in [0.25, 0.3) is 0 Å². The topological polar surface area (TPSA) is 9.23 Å². The van der Waals surface area contributed by atoms with Crippen molar-refractivity contribution in [3.05, 3.63) is 0 Å². The summed E-state index contributed by atoms with van der Waals surface area (Å²) in [7, 11) is 0. The molecule has 31 heavy (non-hydrogen) atoms. The van der Waals surface area contributed by atoms with Crippen LogP contribution in [0.15, 0.2) is 0 Å². The molecule has 0 amide bonds. The van der Waals surface area contributed by atoms with Gasteiger partial charge in [0.15, 0.2) is 0 Å².